The Bertz CT molecular complexity index is 910. The summed E-state index contributed by atoms with van der Waals surface area (Å²) in [5, 5.41) is 12.5. The quantitative estimate of drug-likeness (QED) is 0.781. The Morgan fingerprint density at radius 2 is 2.11 bits per heavy atom. The third-order valence-electron chi connectivity index (χ3n) is 5.06. The second kappa shape index (κ2) is 8.96. The summed E-state index contributed by atoms with van der Waals surface area (Å²) in [7, 11) is 3.28. The lowest BCUT2D eigenvalue weighted by Gasteiger charge is -2.23. The van der Waals surface area contributed by atoms with Crippen molar-refractivity contribution in [3.05, 3.63) is 52.5 Å². The van der Waals surface area contributed by atoms with Gasteiger partial charge in [-0.1, -0.05) is 11.6 Å². The molecule has 1 aliphatic heterocycles. The molecule has 2 aromatic carbocycles. The SMILES string of the molecule is COc1ccc(OC)c([C@@H]2CCC[NH+]2CC(=O)Nc2cc(Cl)ccc2C#N)c1. The Morgan fingerprint density at radius 3 is 2.82 bits per heavy atom. The van der Waals surface area contributed by atoms with Crippen LogP contribution in [0.2, 0.25) is 5.02 Å². The lowest BCUT2D eigenvalue weighted by molar-refractivity contribution is -0.910. The van der Waals surface area contributed by atoms with Crippen LogP contribution in [0.4, 0.5) is 5.69 Å². The molecule has 146 valence electrons. The first-order valence-electron chi connectivity index (χ1n) is 9.11. The van der Waals surface area contributed by atoms with Crippen LogP contribution in [0.3, 0.4) is 0 Å². The number of ether oxygens (including phenoxy) is 2. The minimum atomic E-state index is -0.150. The molecule has 2 N–H and O–H groups in total. The van der Waals surface area contributed by atoms with Gasteiger partial charge in [0.05, 0.1) is 37.6 Å². The fraction of sp³-hybridized carbons (Fsp3) is 0.333. The number of nitrogens with zero attached hydrogens (tertiary/aromatic N) is 1. The van der Waals surface area contributed by atoms with Crippen molar-refractivity contribution in [1.29, 1.82) is 5.26 Å². The molecular formula is C21H23ClN3O3+. The van der Waals surface area contributed by atoms with Crippen molar-refractivity contribution >= 4 is 23.2 Å². The number of carbonyl (C=O) groups excluding carboxylic acids is 1. The molecule has 1 aliphatic rings. The standard InChI is InChI=1S/C21H22ClN3O3/c1-27-16-7-8-20(28-2)17(11-16)19-4-3-9-25(19)13-21(26)24-18-10-15(22)6-5-14(18)12-23/h5-8,10-11,19H,3-4,9,13H2,1-2H3,(H,24,26)/p+1/t19-/m0/s1. The molecule has 1 unspecified atom stereocenters. The van der Waals surface area contributed by atoms with Crippen LogP contribution in [-0.4, -0.2) is 33.2 Å². The van der Waals surface area contributed by atoms with E-state index in [0.717, 1.165) is 41.3 Å². The number of hydrogen-bond acceptors (Lipinski definition) is 4. The lowest BCUT2D eigenvalue weighted by Crippen LogP contribution is -3.11. The van der Waals surface area contributed by atoms with Crippen LogP contribution in [0.5, 0.6) is 11.5 Å². The minimum absolute atomic E-state index is 0.144. The maximum atomic E-state index is 12.7. The highest BCUT2D eigenvalue weighted by Gasteiger charge is 2.34. The van der Waals surface area contributed by atoms with Crippen LogP contribution in [0.25, 0.3) is 0 Å². The van der Waals surface area contributed by atoms with E-state index in [0.29, 0.717) is 22.8 Å². The highest BCUT2D eigenvalue weighted by Crippen LogP contribution is 2.31. The Balaban J connectivity index is 1.77. The minimum Gasteiger partial charge on any atom is -0.497 e. The van der Waals surface area contributed by atoms with Crippen LogP contribution < -0.4 is 19.7 Å². The van der Waals surface area contributed by atoms with E-state index in [4.69, 9.17) is 21.1 Å². The van der Waals surface area contributed by atoms with Crippen LogP contribution in [0, 0.1) is 11.3 Å². The maximum Gasteiger partial charge on any atom is 0.279 e. The zero-order valence-electron chi connectivity index (χ0n) is 15.9. The van der Waals surface area contributed by atoms with E-state index in [2.05, 4.69) is 11.4 Å². The fourth-order valence-corrected chi connectivity index (χ4v) is 3.90. The molecule has 2 aromatic rings. The molecule has 0 bridgehead atoms. The molecule has 0 spiro atoms. The Kier molecular flexibility index (Phi) is 6.40. The van der Waals surface area contributed by atoms with Crippen molar-refractivity contribution < 1.29 is 19.2 Å². The second-order valence-electron chi connectivity index (χ2n) is 6.74. The van der Waals surface area contributed by atoms with Gasteiger partial charge in [0.25, 0.3) is 5.91 Å². The first kappa shape index (κ1) is 20.0. The molecule has 7 heteroatoms. The summed E-state index contributed by atoms with van der Waals surface area (Å²) >= 11 is 6.00. The van der Waals surface area contributed by atoms with E-state index in [1.54, 1.807) is 32.4 Å². The number of anilines is 1. The van der Waals surface area contributed by atoms with Gasteiger partial charge in [-0.3, -0.25) is 4.79 Å². The Hall–Kier alpha value is -2.75. The van der Waals surface area contributed by atoms with Crippen molar-refractivity contribution in [3.8, 4) is 17.6 Å². The number of likely N-dealkylation sites (tertiary alicyclic amines) is 1. The monoisotopic (exact) mass is 400 g/mol. The number of carbonyl (C=O) groups is 1. The first-order chi connectivity index (χ1) is 13.5. The topological polar surface area (TPSA) is 75.8 Å². The number of nitrogens with one attached hydrogen (secondary N) is 2. The summed E-state index contributed by atoms with van der Waals surface area (Å²) < 4.78 is 10.9. The van der Waals surface area contributed by atoms with E-state index in [1.807, 2.05) is 18.2 Å². The van der Waals surface area contributed by atoms with E-state index in [9.17, 15) is 10.1 Å². The van der Waals surface area contributed by atoms with Gasteiger partial charge < -0.3 is 19.7 Å². The molecule has 1 saturated heterocycles. The van der Waals surface area contributed by atoms with E-state index < -0.39 is 0 Å². The van der Waals surface area contributed by atoms with Crippen LogP contribution in [0.1, 0.15) is 30.0 Å². The molecule has 0 aliphatic carbocycles. The van der Waals surface area contributed by atoms with E-state index >= 15 is 0 Å². The van der Waals surface area contributed by atoms with Gasteiger partial charge in [0.15, 0.2) is 6.54 Å². The molecular weight excluding hydrogens is 378 g/mol. The second-order valence-corrected chi connectivity index (χ2v) is 7.17. The predicted molar refractivity (Wildman–Crippen MR) is 107 cm³/mol. The number of rotatable bonds is 6. The van der Waals surface area contributed by atoms with Crippen molar-refractivity contribution in [2.45, 2.75) is 18.9 Å². The number of hydrogen-bond donors (Lipinski definition) is 2. The van der Waals surface area contributed by atoms with Crippen LogP contribution in [0.15, 0.2) is 36.4 Å². The molecule has 1 heterocycles. The number of benzene rings is 2. The van der Waals surface area contributed by atoms with Crippen LogP contribution in [-0.2, 0) is 4.79 Å². The van der Waals surface area contributed by atoms with Gasteiger partial charge in [-0.05, 0) is 36.4 Å². The summed E-state index contributed by atoms with van der Waals surface area (Å²) in [5.74, 6) is 1.42. The molecule has 1 fully saturated rings. The molecule has 0 aromatic heterocycles. The number of amides is 1. The normalized spacial score (nSPS) is 18.4. The fourth-order valence-electron chi connectivity index (χ4n) is 3.73. The maximum absolute atomic E-state index is 12.7. The van der Waals surface area contributed by atoms with Crippen LogP contribution >= 0.6 is 11.6 Å². The van der Waals surface area contributed by atoms with Gasteiger partial charge in [0, 0.05) is 17.9 Å². The highest BCUT2D eigenvalue weighted by atomic mass is 35.5. The average Bonchev–Trinajstić information content (AvgIpc) is 3.15. The molecule has 1 amide bonds. The largest absolute Gasteiger partial charge is 0.497 e. The smallest absolute Gasteiger partial charge is 0.279 e. The van der Waals surface area contributed by atoms with Gasteiger partial charge in [-0.2, -0.15) is 5.26 Å². The van der Waals surface area contributed by atoms with Crippen molar-refractivity contribution in [2.24, 2.45) is 0 Å². The molecule has 2 atom stereocenters. The third-order valence-corrected chi connectivity index (χ3v) is 5.29. The Labute approximate surface area is 169 Å². The molecule has 28 heavy (non-hydrogen) atoms. The molecule has 0 saturated carbocycles. The van der Waals surface area contributed by atoms with Gasteiger partial charge in [-0.25, -0.2) is 0 Å². The number of nitriles is 1. The summed E-state index contributed by atoms with van der Waals surface area (Å²) in [6, 6.07) is 12.8. The number of halogens is 1. The predicted octanol–water partition coefficient (Wildman–Crippen LogP) is 2.59. The number of methoxy groups -OCH3 is 2. The molecule has 3 rings (SSSR count). The summed E-state index contributed by atoms with van der Waals surface area (Å²) in [4.78, 5) is 13.8. The van der Waals surface area contributed by atoms with Gasteiger partial charge in [0.2, 0.25) is 0 Å². The van der Waals surface area contributed by atoms with Gasteiger partial charge >= 0.3 is 0 Å². The summed E-state index contributed by atoms with van der Waals surface area (Å²) in [6.45, 7) is 1.18. The third kappa shape index (κ3) is 4.38. The first-order valence-corrected chi connectivity index (χ1v) is 9.49. The molecule has 6 nitrogen and oxygen atoms in total. The Morgan fingerprint density at radius 1 is 1.29 bits per heavy atom. The average molecular weight is 401 g/mol. The van der Waals surface area contributed by atoms with Crippen molar-refractivity contribution in [2.75, 3.05) is 32.6 Å². The van der Waals surface area contributed by atoms with Crippen molar-refractivity contribution in [1.82, 2.24) is 0 Å². The van der Waals surface area contributed by atoms with E-state index in [-0.39, 0.29) is 11.9 Å². The zero-order chi connectivity index (χ0) is 20.1. The summed E-state index contributed by atoms with van der Waals surface area (Å²) in [5.41, 5.74) is 1.87. The summed E-state index contributed by atoms with van der Waals surface area (Å²) in [6.07, 6.45) is 1.99. The zero-order valence-corrected chi connectivity index (χ0v) is 16.7. The van der Waals surface area contributed by atoms with Gasteiger partial charge in [-0.15, -0.1) is 0 Å². The van der Waals surface area contributed by atoms with Gasteiger partial charge in [0.1, 0.15) is 23.6 Å². The highest BCUT2D eigenvalue weighted by molar-refractivity contribution is 6.31. The van der Waals surface area contributed by atoms with E-state index in [1.165, 1.54) is 0 Å². The number of quaternary nitrogens is 1. The molecule has 0 radical (unpaired) electrons. The lowest BCUT2D eigenvalue weighted by atomic mass is 10.0. The van der Waals surface area contributed by atoms with Crippen molar-refractivity contribution in [3.63, 3.8) is 0 Å².